The van der Waals surface area contributed by atoms with E-state index in [1.54, 1.807) is 0 Å². The Kier molecular flexibility index (Phi) is 5.16. The van der Waals surface area contributed by atoms with Gasteiger partial charge in [0.15, 0.2) is 0 Å². The number of rotatable bonds is 4. The molecular formula is C15H22N4O2. The Balaban J connectivity index is 1.93. The van der Waals surface area contributed by atoms with Crippen LogP contribution < -0.4 is 16.0 Å². The molecular weight excluding hydrogens is 268 g/mol. The van der Waals surface area contributed by atoms with Crippen LogP contribution >= 0.6 is 0 Å². The minimum atomic E-state index is -0.239. The van der Waals surface area contributed by atoms with Gasteiger partial charge in [-0.1, -0.05) is 19.1 Å². The highest BCUT2D eigenvalue weighted by Gasteiger charge is 2.20. The number of hydrogen-bond donors (Lipinski definition) is 3. The molecule has 0 aromatic heterocycles. The van der Waals surface area contributed by atoms with Crippen LogP contribution in [0.5, 0.6) is 0 Å². The Morgan fingerprint density at radius 1 is 1.38 bits per heavy atom. The SMILES string of the molecule is CCNC(C)c1ccc(NC(=O)N2CCNC(=O)C2)cc1. The molecule has 0 bridgehead atoms. The van der Waals surface area contributed by atoms with Gasteiger partial charge in [0.1, 0.15) is 6.54 Å². The van der Waals surface area contributed by atoms with Crippen LogP contribution in [0.15, 0.2) is 24.3 Å². The molecule has 0 aliphatic carbocycles. The summed E-state index contributed by atoms with van der Waals surface area (Å²) in [6.07, 6.45) is 0. The molecule has 0 radical (unpaired) electrons. The molecule has 0 saturated carbocycles. The molecule has 1 atom stereocenters. The molecule has 1 aromatic carbocycles. The van der Waals surface area contributed by atoms with Gasteiger partial charge in [0.25, 0.3) is 0 Å². The fraction of sp³-hybridized carbons (Fsp3) is 0.467. The summed E-state index contributed by atoms with van der Waals surface area (Å²) < 4.78 is 0. The van der Waals surface area contributed by atoms with Gasteiger partial charge < -0.3 is 20.9 Å². The molecule has 1 unspecified atom stereocenters. The third kappa shape index (κ3) is 4.19. The highest BCUT2D eigenvalue weighted by molar-refractivity contribution is 5.93. The zero-order valence-corrected chi connectivity index (χ0v) is 12.5. The highest BCUT2D eigenvalue weighted by Crippen LogP contribution is 2.16. The van der Waals surface area contributed by atoms with E-state index < -0.39 is 0 Å². The second-order valence-corrected chi connectivity index (χ2v) is 5.10. The van der Waals surface area contributed by atoms with Gasteiger partial charge in [-0.15, -0.1) is 0 Å². The third-order valence-corrected chi connectivity index (χ3v) is 3.50. The summed E-state index contributed by atoms with van der Waals surface area (Å²) in [5.74, 6) is -0.119. The van der Waals surface area contributed by atoms with Crippen LogP contribution in [0.25, 0.3) is 0 Å². The summed E-state index contributed by atoms with van der Waals surface area (Å²) in [4.78, 5) is 24.8. The van der Waals surface area contributed by atoms with Crippen LogP contribution in [0.3, 0.4) is 0 Å². The first kappa shape index (κ1) is 15.3. The van der Waals surface area contributed by atoms with Crippen molar-refractivity contribution in [3.05, 3.63) is 29.8 Å². The molecule has 6 heteroatoms. The highest BCUT2D eigenvalue weighted by atomic mass is 16.2. The summed E-state index contributed by atoms with van der Waals surface area (Å²) in [5.41, 5.74) is 1.91. The lowest BCUT2D eigenvalue weighted by Gasteiger charge is -2.26. The summed E-state index contributed by atoms with van der Waals surface area (Å²) >= 11 is 0. The summed E-state index contributed by atoms with van der Waals surface area (Å²) in [5, 5.41) is 8.85. The lowest BCUT2D eigenvalue weighted by Crippen LogP contribution is -2.51. The number of amides is 3. The summed E-state index contributed by atoms with van der Waals surface area (Å²) in [6.45, 7) is 6.24. The normalized spacial score (nSPS) is 16.3. The van der Waals surface area contributed by atoms with Crippen molar-refractivity contribution in [2.45, 2.75) is 19.9 Å². The Hall–Kier alpha value is -2.08. The molecule has 1 fully saturated rings. The molecule has 6 nitrogen and oxygen atoms in total. The largest absolute Gasteiger partial charge is 0.353 e. The lowest BCUT2D eigenvalue weighted by atomic mass is 10.1. The monoisotopic (exact) mass is 290 g/mol. The molecule has 1 saturated heterocycles. The molecule has 1 heterocycles. The number of nitrogens with zero attached hydrogens (tertiary/aromatic N) is 1. The van der Waals surface area contributed by atoms with E-state index in [9.17, 15) is 9.59 Å². The van der Waals surface area contributed by atoms with E-state index in [0.717, 1.165) is 12.2 Å². The first-order valence-electron chi connectivity index (χ1n) is 7.26. The van der Waals surface area contributed by atoms with E-state index in [-0.39, 0.29) is 24.5 Å². The number of carbonyl (C=O) groups is 2. The number of benzene rings is 1. The van der Waals surface area contributed by atoms with Gasteiger partial charge in [-0.2, -0.15) is 0 Å². The zero-order valence-electron chi connectivity index (χ0n) is 12.5. The number of hydrogen-bond acceptors (Lipinski definition) is 3. The Labute approximate surface area is 124 Å². The second-order valence-electron chi connectivity index (χ2n) is 5.10. The van der Waals surface area contributed by atoms with Crippen molar-refractivity contribution in [3.8, 4) is 0 Å². The number of urea groups is 1. The number of nitrogens with one attached hydrogen (secondary N) is 3. The number of carbonyl (C=O) groups excluding carboxylic acids is 2. The fourth-order valence-corrected chi connectivity index (χ4v) is 2.29. The van der Waals surface area contributed by atoms with E-state index in [4.69, 9.17) is 0 Å². The van der Waals surface area contributed by atoms with Gasteiger partial charge in [0.2, 0.25) is 5.91 Å². The predicted octanol–water partition coefficient (Wildman–Crippen LogP) is 1.32. The maximum Gasteiger partial charge on any atom is 0.322 e. The minimum Gasteiger partial charge on any atom is -0.353 e. The standard InChI is InChI=1S/C15H22N4O2/c1-3-16-11(2)12-4-6-13(7-5-12)18-15(21)19-9-8-17-14(20)10-19/h4-7,11,16H,3,8-10H2,1-2H3,(H,17,20)(H,18,21). The van der Waals surface area contributed by atoms with Gasteiger partial charge in [0, 0.05) is 24.8 Å². The quantitative estimate of drug-likeness (QED) is 0.783. The van der Waals surface area contributed by atoms with Gasteiger partial charge in [-0.05, 0) is 31.2 Å². The maximum atomic E-state index is 12.1. The van der Waals surface area contributed by atoms with Crippen LogP contribution in [-0.2, 0) is 4.79 Å². The van der Waals surface area contributed by atoms with E-state index >= 15 is 0 Å². The van der Waals surface area contributed by atoms with Crippen molar-refractivity contribution in [3.63, 3.8) is 0 Å². The van der Waals surface area contributed by atoms with Crippen molar-refractivity contribution in [2.24, 2.45) is 0 Å². The first-order valence-corrected chi connectivity index (χ1v) is 7.26. The van der Waals surface area contributed by atoms with E-state index in [1.165, 1.54) is 10.5 Å². The molecule has 3 N–H and O–H groups in total. The zero-order chi connectivity index (χ0) is 15.2. The van der Waals surface area contributed by atoms with Crippen LogP contribution in [0.2, 0.25) is 0 Å². The Morgan fingerprint density at radius 3 is 2.71 bits per heavy atom. The topological polar surface area (TPSA) is 73.5 Å². The molecule has 3 amide bonds. The van der Waals surface area contributed by atoms with Crippen molar-refractivity contribution in [2.75, 3.05) is 31.5 Å². The van der Waals surface area contributed by atoms with E-state index in [2.05, 4.69) is 29.8 Å². The van der Waals surface area contributed by atoms with Crippen LogP contribution in [-0.4, -0.2) is 43.0 Å². The number of anilines is 1. The molecule has 2 rings (SSSR count). The van der Waals surface area contributed by atoms with Gasteiger partial charge in [0.05, 0.1) is 0 Å². The fourth-order valence-electron chi connectivity index (χ4n) is 2.29. The van der Waals surface area contributed by atoms with Crippen LogP contribution in [0.1, 0.15) is 25.5 Å². The molecule has 1 aliphatic rings. The van der Waals surface area contributed by atoms with Crippen molar-refractivity contribution < 1.29 is 9.59 Å². The summed E-state index contributed by atoms with van der Waals surface area (Å²) in [7, 11) is 0. The third-order valence-electron chi connectivity index (χ3n) is 3.50. The van der Waals surface area contributed by atoms with Crippen LogP contribution in [0.4, 0.5) is 10.5 Å². The van der Waals surface area contributed by atoms with E-state index in [1.807, 2.05) is 24.3 Å². The van der Waals surface area contributed by atoms with Crippen molar-refractivity contribution in [1.82, 2.24) is 15.5 Å². The summed E-state index contributed by atoms with van der Waals surface area (Å²) in [6, 6.07) is 7.79. The lowest BCUT2D eigenvalue weighted by molar-refractivity contribution is -0.123. The van der Waals surface area contributed by atoms with E-state index in [0.29, 0.717) is 13.1 Å². The number of piperazine rings is 1. The van der Waals surface area contributed by atoms with Gasteiger partial charge in [-0.3, -0.25) is 4.79 Å². The second kappa shape index (κ2) is 7.08. The minimum absolute atomic E-state index is 0.112. The molecule has 21 heavy (non-hydrogen) atoms. The molecule has 1 aliphatic heterocycles. The molecule has 1 aromatic rings. The smallest absolute Gasteiger partial charge is 0.322 e. The average molecular weight is 290 g/mol. The van der Waals surface area contributed by atoms with Crippen LogP contribution in [0, 0.1) is 0 Å². The molecule has 0 spiro atoms. The average Bonchev–Trinajstić information content (AvgIpc) is 2.48. The Bertz CT molecular complexity index is 501. The predicted molar refractivity (Wildman–Crippen MR) is 82.1 cm³/mol. The van der Waals surface area contributed by atoms with Crippen molar-refractivity contribution >= 4 is 17.6 Å². The Morgan fingerprint density at radius 2 is 2.10 bits per heavy atom. The van der Waals surface area contributed by atoms with Crippen molar-refractivity contribution in [1.29, 1.82) is 0 Å². The van der Waals surface area contributed by atoms with Gasteiger partial charge >= 0.3 is 6.03 Å². The first-order chi connectivity index (χ1) is 10.1. The maximum absolute atomic E-state index is 12.1. The molecule has 114 valence electrons. The van der Waals surface area contributed by atoms with Gasteiger partial charge in [-0.25, -0.2) is 4.79 Å².